The van der Waals surface area contributed by atoms with E-state index >= 15 is 0 Å². The molecule has 0 saturated carbocycles. The zero-order chi connectivity index (χ0) is 14.7. The Kier molecular flexibility index (Phi) is 4.88. The SMILES string of the molecule is CCN=C1S/C(=C/c2ccc(O)c(Br)c2)C(=O)N1CC. The Labute approximate surface area is 130 Å². The second kappa shape index (κ2) is 6.45. The van der Waals surface area contributed by atoms with E-state index in [1.165, 1.54) is 11.8 Å². The number of benzene rings is 1. The van der Waals surface area contributed by atoms with Crippen molar-refractivity contribution < 1.29 is 9.90 Å². The minimum absolute atomic E-state index is 0.0195. The van der Waals surface area contributed by atoms with Crippen LogP contribution in [0.25, 0.3) is 6.08 Å². The Bertz CT molecular complexity index is 599. The maximum atomic E-state index is 12.3. The van der Waals surface area contributed by atoms with E-state index in [9.17, 15) is 9.90 Å². The smallest absolute Gasteiger partial charge is 0.266 e. The van der Waals surface area contributed by atoms with E-state index < -0.39 is 0 Å². The van der Waals surface area contributed by atoms with Gasteiger partial charge in [-0.3, -0.25) is 14.7 Å². The lowest BCUT2D eigenvalue weighted by atomic mass is 10.2. The van der Waals surface area contributed by atoms with E-state index in [2.05, 4.69) is 20.9 Å². The van der Waals surface area contributed by atoms with E-state index in [0.717, 1.165) is 10.7 Å². The maximum Gasteiger partial charge on any atom is 0.266 e. The number of carbonyl (C=O) groups excluding carboxylic acids is 1. The van der Waals surface area contributed by atoms with Gasteiger partial charge in [-0.15, -0.1) is 0 Å². The summed E-state index contributed by atoms with van der Waals surface area (Å²) in [5.41, 5.74) is 0.860. The summed E-state index contributed by atoms with van der Waals surface area (Å²) in [4.78, 5) is 18.9. The molecule has 0 spiro atoms. The zero-order valence-corrected chi connectivity index (χ0v) is 13.7. The number of aliphatic imine (C=N–C) groups is 1. The Morgan fingerprint density at radius 1 is 1.45 bits per heavy atom. The van der Waals surface area contributed by atoms with Gasteiger partial charge in [-0.1, -0.05) is 6.07 Å². The standard InChI is InChI=1S/C14H15BrN2O2S/c1-3-16-14-17(4-2)13(19)12(20-14)8-9-5-6-11(18)10(15)7-9/h5-8,18H,3-4H2,1-2H3/b12-8+,16-14?. The minimum atomic E-state index is -0.0195. The second-order valence-electron chi connectivity index (χ2n) is 4.13. The summed E-state index contributed by atoms with van der Waals surface area (Å²) in [5, 5.41) is 10.2. The molecule has 0 aliphatic carbocycles. The maximum absolute atomic E-state index is 12.3. The van der Waals surface area contributed by atoms with Crippen LogP contribution in [-0.2, 0) is 4.79 Å². The molecule has 0 atom stereocenters. The summed E-state index contributed by atoms with van der Waals surface area (Å²) < 4.78 is 0.608. The molecule has 4 nitrogen and oxygen atoms in total. The molecule has 1 amide bonds. The summed E-state index contributed by atoms with van der Waals surface area (Å²) in [6.07, 6.45) is 1.82. The van der Waals surface area contributed by atoms with Gasteiger partial charge in [0.1, 0.15) is 5.75 Å². The first-order valence-electron chi connectivity index (χ1n) is 6.31. The first-order chi connectivity index (χ1) is 9.56. The molecular weight excluding hydrogens is 340 g/mol. The second-order valence-corrected chi connectivity index (χ2v) is 5.99. The van der Waals surface area contributed by atoms with Gasteiger partial charge in [-0.25, -0.2) is 0 Å². The lowest BCUT2D eigenvalue weighted by Gasteiger charge is -2.11. The van der Waals surface area contributed by atoms with Crippen LogP contribution >= 0.6 is 27.7 Å². The molecule has 1 saturated heterocycles. The van der Waals surface area contributed by atoms with Crippen molar-refractivity contribution in [1.29, 1.82) is 0 Å². The average molecular weight is 355 g/mol. The van der Waals surface area contributed by atoms with Crippen LogP contribution in [0.4, 0.5) is 0 Å². The molecule has 6 heteroatoms. The van der Waals surface area contributed by atoms with Crippen molar-refractivity contribution in [2.75, 3.05) is 13.1 Å². The van der Waals surface area contributed by atoms with Crippen LogP contribution < -0.4 is 0 Å². The summed E-state index contributed by atoms with van der Waals surface area (Å²) in [6.45, 7) is 5.15. The van der Waals surface area contributed by atoms with Gasteiger partial charge < -0.3 is 5.11 Å². The number of phenols is 1. The number of hydrogen-bond donors (Lipinski definition) is 1. The van der Waals surface area contributed by atoms with Crippen LogP contribution in [-0.4, -0.2) is 34.2 Å². The van der Waals surface area contributed by atoms with Gasteiger partial charge in [0.25, 0.3) is 5.91 Å². The topological polar surface area (TPSA) is 52.9 Å². The number of thioether (sulfide) groups is 1. The molecule has 20 heavy (non-hydrogen) atoms. The van der Waals surface area contributed by atoms with E-state index in [4.69, 9.17) is 0 Å². The normalized spacial score (nSPS) is 19.4. The predicted octanol–water partition coefficient (Wildman–Crippen LogP) is 3.47. The molecule has 0 unspecified atom stereocenters. The molecule has 2 rings (SSSR count). The fourth-order valence-corrected chi connectivity index (χ4v) is 3.31. The largest absolute Gasteiger partial charge is 0.507 e. The molecule has 0 radical (unpaired) electrons. The van der Waals surface area contributed by atoms with Crippen LogP contribution in [0.15, 0.2) is 32.6 Å². The third kappa shape index (κ3) is 3.07. The van der Waals surface area contributed by atoms with Gasteiger partial charge in [0.2, 0.25) is 0 Å². The van der Waals surface area contributed by atoms with Gasteiger partial charge in [0.05, 0.1) is 9.38 Å². The monoisotopic (exact) mass is 354 g/mol. The summed E-state index contributed by atoms with van der Waals surface area (Å²) in [7, 11) is 0. The van der Waals surface area contributed by atoms with Crippen LogP contribution in [0.1, 0.15) is 19.4 Å². The van der Waals surface area contributed by atoms with Crippen LogP contribution in [0.2, 0.25) is 0 Å². The number of nitrogens with zero attached hydrogens (tertiary/aromatic N) is 2. The molecule has 1 heterocycles. The lowest BCUT2D eigenvalue weighted by Crippen LogP contribution is -2.28. The van der Waals surface area contributed by atoms with Crippen molar-refractivity contribution in [1.82, 2.24) is 4.90 Å². The molecule has 1 fully saturated rings. The predicted molar refractivity (Wildman–Crippen MR) is 86.7 cm³/mol. The number of carbonyl (C=O) groups is 1. The first-order valence-corrected chi connectivity index (χ1v) is 7.92. The Hall–Kier alpha value is -1.27. The van der Waals surface area contributed by atoms with Crippen molar-refractivity contribution in [2.45, 2.75) is 13.8 Å². The summed E-state index contributed by atoms with van der Waals surface area (Å²) in [6, 6.07) is 5.15. The number of amides is 1. The minimum Gasteiger partial charge on any atom is -0.507 e. The number of halogens is 1. The van der Waals surface area contributed by atoms with E-state index in [0.29, 0.717) is 22.5 Å². The first kappa shape index (κ1) is 15.1. The third-order valence-electron chi connectivity index (χ3n) is 2.77. The highest BCUT2D eigenvalue weighted by molar-refractivity contribution is 9.10. The van der Waals surface area contributed by atoms with Crippen LogP contribution in [0.3, 0.4) is 0 Å². The molecule has 1 aromatic carbocycles. The van der Waals surface area contributed by atoms with Crippen LogP contribution in [0.5, 0.6) is 5.75 Å². The quantitative estimate of drug-likeness (QED) is 0.845. The van der Waals surface area contributed by atoms with Gasteiger partial charge in [0, 0.05) is 13.1 Å². The van der Waals surface area contributed by atoms with Gasteiger partial charge in [-0.2, -0.15) is 0 Å². The lowest BCUT2D eigenvalue weighted by molar-refractivity contribution is -0.122. The molecule has 1 N–H and O–H groups in total. The fraction of sp³-hybridized carbons (Fsp3) is 0.286. The van der Waals surface area contributed by atoms with Crippen molar-refractivity contribution in [3.05, 3.63) is 33.1 Å². The third-order valence-corrected chi connectivity index (χ3v) is 4.45. The highest BCUT2D eigenvalue weighted by Gasteiger charge is 2.31. The zero-order valence-electron chi connectivity index (χ0n) is 11.3. The van der Waals surface area contributed by atoms with Crippen molar-refractivity contribution in [3.63, 3.8) is 0 Å². The van der Waals surface area contributed by atoms with Gasteiger partial charge in [0.15, 0.2) is 5.17 Å². The Morgan fingerprint density at radius 2 is 2.20 bits per heavy atom. The molecule has 1 aliphatic heterocycles. The van der Waals surface area contributed by atoms with Crippen LogP contribution in [0, 0.1) is 0 Å². The average Bonchev–Trinajstić information content (AvgIpc) is 2.70. The number of aromatic hydroxyl groups is 1. The van der Waals surface area contributed by atoms with Crippen molar-refractivity contribution >= 4 is 44.8 Å². The highest BCUT2D eigenvalue weighted by Crippen LogP contribution is 2.33. The molecule has 0 aromatic heterocycles. The molecule has 1 aromatic rings. The Morgan fingerprint density at radius 3 is 2.80 bits per heavy atom. The van der Waals surface area contributed by atoms with E-state index in [1.807, 2.05) is 19.9 Å². The number of likely N-dealkylation sites (N-methyl/N-ethyl adjacent to an activating group) is 1. The van der Waals surface area contributed by atoms with E-state index in [1.54, 1.807) is 23.1 Å². The number of phenolic OH excluding ortho intramolecular Hbond substituents is 1. The molecule has 106 valence electrons. The number of hydrogen-bond acceptors (Lipinski definition) is 4. The fourth-order valence-electron chi connectivity index (χ4n) is 1.80. The highest BCUT2D eigenvalue weighted by atomic mass is 79.9. The Balaban J connectivity index is 2.33. The molecule has 0 bridgehead atoms. The number of amidine groups is 1. The van der Waals surface area contributed by atoms with E-state index in [-0.39, 0.29) is 11.7 Å². The molecule has 1 aliphatic rings. The molecular formula is C14H15BrN2O2S. The van der Waals surface area contributed by atoms with Crippen molar-refractivity contribution in [3.8, 4) is 5.75 Å². The summed E-state index contributed by atoms with van der Waals surface area (Å²) in [5.74, 6) is 0.162. The summed E-state index contributed by atoms with van der Waals surface area (Å²) >= 11 is 4.66. The van der Waals surface area contributed by atoms with Gasteiger partial charge >= 0.3 is 0 Å². The van der Waals surface area contributed by atoms with Crippen molar-refractivity contribution in [2.24, 2.45) is 4.99 Å². The number of rotatable bonds is 3. The van der Waals surface area contributed by atoms with Gasteiger partial charge in [-0.05, 0) is 65.3 Å².